The first-order chi connectivity index (χ1) is 14.8. The molecular formula is C23H18Cl2FN3O2. The van der Waals surface area contributed by atoms with Crippen LogP contribution >= 0.6 is 23.2 Å². The van der Waals surface area contributed by atoms with Crippen LogP contribution in [0.4, 0.5) is 15.8 Å². The van der Waals surface area contributed by atoms with E-state index >= 15 is 0 Å². The summed E-state index contributed by atoms with van der Waals surface area (Å²) >= 11 is 12.5. The van der Waals surface area contributed by atoms with Gasteiger partial charge in [-0.1, -0.05) is 35.3 Å². The summed E-state index contributed by atoms with van der Waals surface area (Å²) in [4.78, 5) is 28.2. The van der Waals surface area contributed by atoms with Gasteiger partial charge < -0.3 is 15.5 Å². The normalized spacial score (nSPS) is 13.2. The average molecular weight is 458 g/mol. The molecule has 0 atom stereocenters. The van der Waals surface area contributed by atoms with E-state index in [4.69, 9.17) is 28.9 Å². The van der Waals surface area contributed by atoms with Crippen molar-refractivity contribution in [2.45, 2.75) is 0 Å². The molecule has 8 heteroatoms. The fourth-order valence-corrected chi connectivity index (χ4v) is 4.13. The van der Waals surface area contributed by atoms with Crippen LogP contribution in [0, 0.1) is 5.82 Å². The van der Waals surface area contributed by atoms with E-state index in [0.29, 0.717) is 34.9 Å². The Labute approximate surface area is 188 Å². The molecule has 0 fully saturated rings. The van der Waals surface area contributed by atoms with Gasteiger partial charge in [-0.2, -0.15) is 0 Å². The lowest BCUT2D eigenvalue weighted by molar-refractivity contribution is 0.0979. The highest BCUT2D eigenvalue weighted by Gasteiger charge is 2.29. The number of rotatable bonds is 3. The summed E-state index contributed by atoms with van der Waals surface area (Å²) in [6.45, 7) is 0.924. The molecule has 2 N–H and O–H groups in total. The van der Waals surface area contributed by atoms with Crippen molar-refractivity contribution in [3.63, 3.8) is 0 Å². The molecule has 0 aromatic heterocycles. The molecule has 0 saturated carbocycles. The second-order valence-electron chi connectivity index (χ2n) is 7.24. The van der Waals surface area contributed by atoms with E-state index in [-0.39, 0.29) is 10.6 Å². The average Bonchev–Trinajstić information content (AvgIpc) is 2.74. The van der Waals surface area contributed by atoms with Crippen molar-refractivity contribution < 1.29 is 14.0 Å². The zero-order valence-electron chi connectivity index (χ0n) is 16.5. The maximum Gasteiger partial charge on any atom is 0.262 e. The van der Waals surface area contributed by atoms with E-state index in [9.17, 15) is 14.0 Å². The van der Waals surface area contributed by atoms with Crippen LogP contribution in [-0.2, 0) is 0 Å². The number of hydrogen-bond acceptors (Lipinski definition) is 3. The second-order valence-corrected chi connectivity index (χ2v) is 8.05. The molecule has 0 saturated heterocycles. The van der Waals surface area contributed by atoms with Crippen LogP contribution in [0.3, 0.4) is 0 Å². The van der Waals surface area contributed by atoms with Gasteiger partial charge in [0.1, 0.15) is 5.82 Å². The highest BCUT2D eigenvalue weighted by molar-refractivity contribution is 6.35. The summed E-state index contributed by atoms with van der Waals surface area (Å²) in [5, 5.41) is 0.534. The standard InChI is InChI=1S/C23H18Cl2FN3O2/c1-28-9-10-29(23(31)21-17(25)3-2-4-18(21)26)19-8-6-13(12-20(19)28)15-11-14(22(27)30)5-7-16(15)24/h2-8,11-12H,9-10H2,1H3,(H2,27,30). The number of likely N-dealkylation sites (N-methyl/N-ethyl adjacent to an activating group) is 1. The molecule has 1 heterocycles. The Hall–Kier alpha value is -3.09. The van der Waals surface area contributed by atoms with Crippen molar-refractivity contribution in [1.82, 2.24) is 0 Å². The molecule has 158 valence electrons. The largest absolute Gasteiger partial charge is 0.371 e. The van der Waals surface area contributed by atoms with Gasteiger partial charge in [-0.25, -0.2) is 4.39 Å². The summed E-state index contributed by atoms with van der Waals surface area (Å²) in [5.41, 5.74) is 8.40. The third kappa shape index (κ3) is 3.84. The van der Waals surface area contributed by atoms with E-state index in [1.165, 1.54) is 23.1 Å². The maximum absolute atomic E-state index is 14.3. The molecule has 3 aromatic rings. The maximum atomic E-state index is 14.3. The smallest absolute Gasteiger partial charge is 0.262 e. The first-order valence-corrected chi connectivity index (χ1v) is 10.2. The predicted molar refractivity (Wildman–Crippen MR) is 122 cm³/mol. The van der Waals surface area contributed by atoms with Gasteiger partial charge in [0.25, 0.3) is 5.91 Å². The van der Waals surface area contributed by atoms with Crippen molar-refractivity contribution in [1.29, 1.82) is 0 Å². The number of nitrogens with two attached hydrogens (primary N) is 1. The molecule has 4 rings (SSSR count). The van der Waals surface area contributed by atoms with Gasteiger partial charge >= 0.3 is 0 Å². The highest BCUT2D eigenvalue weighted by atomic mass is 35.5. The molecular weight excluding hydrogens is 440 g/mol. The number of carbonyl (C=O) groups excluding carboxylic acids is 2. The van der Waals surface area contributed by atoms with E-state index in [0.717, 1.165) is 11.3 Å². The highest BCUT2D eigenvalue weighted by Crippen LogP contribution is 2.39. The number of anilines is 2. The fourth-order valence-electron chi connectivity index (χ4n) is 3.66. The fraction of sp³-hybridized carbons (Fsp3) is 0.130. The lowest BCUT2D eigenvalue weighted by Crippen LogP contribution is -2.43. The molecule has 0 bridgehead atoms. The Kier molecular flexibility index (Phi) is 5.60. The topological polar surface area (TPSA) is 66.6 Å². The zero-order chi connectivity index (χ0) is 22.3. The monoisotopic (exact) mass is 457 g/mol. The lowest BCUT2D eigenvalue weighted by Gasteiger charge is -2.36. The molecule has 1 aliphatic rings. The number of benzene rings is 3. The molecule has 3 aromatic carbocycles. The Bertz CT molecular complexity index is 1200. The van der Waals surface area contributed by atoms with Gasteiger partial charge in [0.05, 0.1) is 22.0 Å². The summed E-state index contributed by atoms with van der Waals surface area (Å²) in [6.07, 6.45) is 0. The van der Waals surface area contributed by atoms with Crippen LogP contribution in [0.25, 0.3) is 11.1 Å². The van der Waals surface area contributed by atoms with Crippen molar-refractivity contribution in [2.24, 2.45) is 5.73 Å². The Morgan fingerprint density at radius 3 is 2.45 bits per heavy atom. The van der Waals surface area contributed by atoms with E-state index in [1.807, 2.05) is 18.0 Å². The van der Waals surface area contributed by atoms with Gasteiger partial charge in [-0.3, -0.25) is 9.59 Å². The molecule has 0 aliphatic carbocycles. The van der Waals surface area contributed by atoms with Crippen LogP contribution in [-0.4, -0.2) is 32.0 Å². The van der Waals surface area contributed by atoms with Crippen molar-refractivity contribution in [2.75, 3.05) is 29.9 Å². The van der Waals surface area contributed by atoms with E-state index in [2.05, 4.69) is 0 Å². The Balaban J connectivity index is 1.79. The zero-order valence-corrected chi connectivity index (χ0v) is 18.0. The molecule has 0 radical (unpaired) electrons. The number of hydrogen-bond donors (Lipinski definition) is 1. The Morgan fingerprint density at radius 1 is 0.968 bits per heavy atom. The van der Waals surface area contributed by atoms with E-state index < -0.39 is 17.6 Å². The number of halogens is 3. The van der Waals surface area contributed by atoms with Crippen LogP contribution in [0.5, 0.6) is 0 Å². The van der Waals surface area contributed by atoms with Crippen LogP contribution in [0.15, 0.2) is 54.6 Å². The van der Waals surface area contributed by atoms with E-state index in [1.54, 1.807) is 30.3 Å². The first-order valence-electron chi connectivity index (χ1n) is 9.48. The molecule has 0 spiro atoms. The number of nitrogens with zero attached hydrogens (tertiary/aromatic N) is 2. The van der Waals surface area contributed by atoms with Crippen molar-refractivity contribution in [3.05, 3.63) is 81.6 Å². The van der Waals surface area contributed by atoms with Gasteiger partial charge in [0, 0.05) is 36.3 Å². The third-order valence-electron chi connectivity index (χ3n) is 5.32. The SMILES string of the molecule is CN1CCN(C(=O)c2c(F)cccc2Cl)c2ccc(-c3cc(C(N)=O)ccc3Cl)cc21. The quantitative estimate of drug-likeness (QED) is 0.601. The minimum absolute atomic E-state index is 0.0668. The van der Waals surface area contributed by atoms with Crippen LogP contribution in [0.1, 0.15) is 20.7 Å². The van der Waals surface area contributed by atoms with Crippen molar-refractivity contribution in [3.8, 4) is 11.1 Å². The van der Waals surface area contributed by atoms with Gasteiger partial charge in [0.15, 0.2) is 0 Å². The predicted octanol–water partition coefficient (Wildman–Crippen LogP) is 5.00. The van der Waals surface area contributed by atoms with Gasteiger partial charge in [-0.15, -0.1) is 0 Å². The minimum atomic E-state index is -0.662. The molecule has 0 unspecified atom stereocenters. The van der Waals surface area contributed by atoms with Crippen molar-refractivity contribution >= 4 is 46.4 Å². The third-order valence-corrected chi connectivity index (χ3v) is 5.96. The van der Waals surface area contributed by atoms with Gasteiger partial charge in [-0.05, 0) is 48.0 Å². The minimum Gasteiger partial charge on any atom is -0.371 e. The lowest BCUT2D eigenvalue weighted by atomic mass is 10.00. The molecule has 2 amide bonds. The summed E-state index contributed by atoms with van der Waals surface area (Å²) in [7, 11) is 1.90. The summed E-state index contributed by atoms with van der Waals surface area (Å²) in [5.74, 6) is -1.71. The number of fused-ring (bicyclic) bond motifs is 1. The van der Waals surface area contributed by atoms with Gasteiger partial charge in [0.2, 0.25) is 5.91 Å². The molecule has 5 nitrogen and oxygen atoms in total. The summed E-state index contributed by atoms with van der Waals surface area (Å²) < 4.78 is 14.3. The van der Waals surface area contributed by atoms with Crippen LogP contribution < -0.4 is 15.5 Å². The molecule has 31 heavy (non-hydrogen) atoms. The first kappa shape index (κ1) is 21.2. The number of carbonyl (C=O) groups is 2. The number of amides is 2. The van der Waals surface area contributed by atoms with Crippen LogP contribution in [0.2, 0.25) is 10.0 Å². The number of primary amides is 1. The summed E-state index contributed by atoms with van der Waals surface area (Å²) in [6, 6.07) is 14.4. The second kappa shape index (κ2) is 8.21. The Morgan fingerprint density at radius 2 is 1.74 bits per heavy atom. The molecule has 1 aliphatic heterocycles.